The van der Waals surface area contributed by atoms with Crippen LogP contribution in [-0.2, 0) is 9.53 Å². The van der Waals surface area contributed by atoms with Crippen LogP contribution in [0.2, 0.25) is 0 Å². The molecule has 1 saturated carbocycles. The summed E-state index contributed by atoms with van der Waals surface area (Å²) >= 11 is 0. The van der Waals surface area contributed by atoms with Crippen LogP contribution in [0.15, 0.2) is 0 Å². The van der Waals surface area contributed by atoms with Gasteiger partial charge in [0.15, 0.2) is 0 Å². The molecule has 1 rings (SSSR count). The molecule has 2 atom stereocenters. The Balaban J connectivity index is 2.82. The van der Waals surface area contributed by atoms with Gasteiger partial charge in [-0.15, -0.1) is 0 Å². The van der Waals surface area contributed by atoms with E-state index in [-0.39, 0.29) is 5.41 Å². The maximum absolute atomic E-state index is 12.5. The molecule has 0 aromatic heterocycles. The van der Waals surface area contributed by atoms with Crippen molar-refractivity contribution in [3.63, 3.8) is 0 Å². The molecule has 0 saturated heterocycles. The van der Waals surface area contributed by atoms with Gasteiger partial charge in [-0.05, 0) is 31.1 Å². The Bertz CT molecular complexity index is 225. The number of methoxy groups -OCH3 is 1. The number of Topliss-reactive ketones (excluding diaryl/α,β-unsaturated/α-hetero) is 1. The van der Waals surface area contributed by atoms with Crippen molar-refractivity contribution in [1.82, 2.24) is 0 Å². The summed E-state index contributed by atoms with van der Waals surface area (Å²) in [5, 5.41) is 0. The summed E-state index contributed by atoms with van der Waals surface area (Å²) in [6.45, 7) is 7.17. The number of hydrogen-bond donors (Lipinski definition) is 0. The summed E-state index contributed by atoms with van der Waals surface area (Å²) in [6.07, 6.45) is 5.18. The molecule has 0 spiro atoms. The number of hydrogen-bond acceptors (Lipinski definition) is 2. The van der Waals surface area contributed by atoms with Crippen molar-refractivity contribution in [3.05, 3.63) is 0 Å². The molecule has 2 unspecified atom stereocenters. The zero-order valence-corrected chi connectivity index (χ0v) is 11.2. The molecule has 2 heteroatoms. The number of ketones is 1. The third kappa shape index (κ3) is 2.32. The molecule has 0 heterocycles. The van der Waals surface area contributed by atoms with Gasteiger partial charge in [0.1, 0.15) is 5.78 Å². The lowest BCUT2D eigenvalue weighted by Crippen LogP contribution is -2.42. The lowest BCUT2D eigenvalue weighted by molar-refractivity contribution is -0.137. The molecule has 0 radical (unpaired) electrons. The fourth-order valence-corrected chi connectivity index (χ4v) is 3.22. The molecule has 1 fully saturated rings. The Morgan fingerprint density at radius 1 is 1.31 bits per heavy atom. The molecule has 0 aromatic carbocycles. The minimum atomic E-state index is -0.191. The second-order valence-electron chi connectivity index (χ2n) is 5.38. The molecule has 94 valence electrons. The van der Waals surface area contributed by atoms with Crippen LogP contribution in [0.25, 0.3) is 0 Å². The Morgan fingerprint density at radius 3 is 2.31 bits per heavy atom. The Hall–Kier alpha value is -0.370. The normalized spacial score (nSPS) is 34.2. The topological polar surface area (TPSA) is 26.3 Å². The zero-order valence-electron chi connectivity index (χ0n) is 11.2. The highest BCUT2D eigenvalue weighted by Crippen LogP contribution is 2.49. The second-order valence-corrected chi connectivity index (χ2v) is 5.38. The Kier molecular flexibility index (Phi) is 4.97. The molecule has 1 aliphatic rings. The third-order valence-corrected chi connectivity index (χ3v) is 4.45. The lowest BCUT2D eigenvalue weighted by atomic mass is 9.69. The van der Waals surface area contributed by atoms with Gasteiger partial charge in [0.25, 0.3) is 0 Å². The van der Waals surface area contributed by atoms with Gasteiger partial charge in [-0.1, -0.05) is 27.2 Å². The van der Waals surface area contributed by atoms with Crippen molar-refractivity contribution >= 4 is 5.78 Å². The largest absolute Gasteiger partial charge is 0.384 e. The molecule has 0 bridgehead atoms. The lowest BCUT2D eigenvalue weighted by Gasteiger charge is -2.35. The highest BCUT2D eigenvalue weighted by atomic mass is 16.5. The van der Waals surface area contributed by atoms with Crippen molar-refractivity contribution in [2.24, 2.45) is 17.3 Å². The van der Waals surface area contributed by atoms with Crippen molar-refractivity contribution < 1.29 is 9.53 Å². The highest BCUT2D eigenvalue weighted by Gasteiger charge is 2.50. The van der Waals surface area contributed by atoms with E-state index in [0.717, 1.165) is 19.3 Å². The van der Waals surface area contributed by atoms with Crippen LogP contribution in [0.3, 0.4) is 0 Å². The number of carbonyl (C=O) groups is 1. The first-order valence-corrected chi connectivity index (χ1v) is 6.61. The fraction of sp³-hybridized carbons (Fsp3) is 0.929. The molecule has 0 N–H and O–H groups in total. The van der Waals surface area contributed by atoms with Crippen LogP contribution in [-0.4, -0.2) is 19.5 Å². The number of carbonyl (C=O) groups excluding carboxylic acids is 1. The molecular formula is C14H26O2. The molecule has 16 heavy (non-hydrogen) atoms. The van der Waals surface area contributed by atoms with E-state index in [4.69, 9.17) is 4.74 Å². The summed E-state index contributed by atoms with van der Waals surface area (Å²) in [4.78, 5) is 12.5. The van der Waals surface area contributed by atoms with E-state index < -0.39 is 0 Å². The van der Waals surface area contributed by atoms with Gasteiger partial charge >= 0.3 is 0 Å². The van der Waals surface area contributed by atoms with Gasteiger partial charge in [0, 0.05) is 13.5 Å². The monoisotopic (exact) mass is 226 g/mol. The third-order valence-electron chi connectivity index (χ3n) is 4.45. The standard InChI is InChI=1S/C14H26O2/c1-5-6-7-13(15)14(10-16-4)11(2)8-9-12(14)3/h11-12H,5-10H2,1-4H3. The zero-order chi connectivity index (χ0) is 12.2. The molecule has 0 aliphatic heterocycles. The molecule has 1 aliphatic carbocycles. The maximum atomic E-state index is 12.5. The summed E-state index contributed by atoms with van der Waals surface area (Å²) in [5.41, 5.74) is -0.191. The first-order chi connectivity index (χ1) is 7.59. The Labute approximate surface area is 99.8 Å². The predicted molar refractivity (Wildman–Crippen MR) is 66.4 cm³/mol. The summed E-state index contributed by atoms with van der Waals surface area (Å²) in [5.74, 6) is 1.40. The van der Waals surface area contributed by atoms with Crippen LogP contribution in [0.5, 0.6) is 0 Å². The van der Waals surface area contributed by atoms with Crippen molar-refractivity contribution in [3.8, 4) is 0 Å². The first-order valence-electron chi connectivity index (χ1n) is 6.61. The minimum absolute atomic E-state index is 0.191. The van der Waals surface area contributed by atoms with Crippen LogP contribution in [0, 0.1) is 17.3 Å². The molecule has 0 amide bonds. The first kappa shape index (κ1) is 13.7. The summed E-state index contributed by atoms with van der Waals surface area (Å²) in [6, 6.07) is 0. The van der Waals surface area contributed by atoms with Crippen molar-refractivity contribution in [1.29, 1.82) is 0 Å². The van der Waals surface area contributed by atoms with E-state index in [1.807, 2.05) is 0 Å². The predicted octanol–water partition coefficient (Wildman–Crippen LogP) is 3.44. The Morgan fingerprint density at radius 2 is 1.88 bits per heavy atom. The van der Waals surface area contributed by atoms with Crippen molar-refractivity contribution in [2.75, 3.05) is 13.7 Å². The SMILES string of the molecule is CCCCC(=O)C1(COC)C(C)CCC1C. The second kappa shape index (κ2) is 5.81. The van der Waals surface area contributed by atoms with Crippen LogP contribution in [0.1, 0.15) is 52.9 Å². The van der Waals surface area contributed by atoms with E-state index in [9.17, 15) is 4.79 Å². The number of unbranched alkanes of at least 4 members (excludes halogenated alkanes) is 1. The molecule has 0 aromatic rings. The fourth-order valence-electron chi connectivity index (χ4n) is 3.22. The number of ether oxygens (including phenoxy) is 1. The van der Waals surface area contributed by atoms with E-state index in [1.165, 1.54) is 12.8 Å². The van der Waals surface area contributed by atoms with Gasteiger partial charge in [-0.3, -0.25) is 4.79 Å². The average Bonchev–Trinajstić information content (AvgIpc) is 2.55. The van der Waals surface area contributed by atoms with Crippen LogP contribution < -0.4 is 0 Å². The number of rotatable bonds is 6. The highest BCUT2D eigenvalue weighted by molar-refractivity contribution is 5.86. The van der Waals surface area contributed by atoms with Gasteiger partial charge in [0.2, 0.25) is 0 Å². The van der Waals surface area contributed by atoms with Crippen molar-refractivity contribution in [2.45, 2.75) is 52.9 Å². The summed E-state index contributed by atoms with van der Waals surface area (Å²) < 4.78 is 5.35. The average molecular weight is 226 g/mol. The minimum Gasteiger partial charge on any atom is -0.384 e. The van der Waals surface area contributed by atoms with Gasteiger partial charge < -0.3 is 4.74 Å². The van der Waals surface area contributed by atoms with Gasteiger partial charge in [0.05, 0.1) is 12.0 Å². The van der Waals surface area contributed by atoms with Gasteiger partial charge in [-0.25, -0.2) is 0 Å². The molecular weight excluding hydrogens is 200 g/mol. The summed E-state index contributed by atoms with van der Waals surface area (Å²) in [7, 11) is 1.71. The maximum Gasteiger partial charge on any atom is 0.141 e. The molecule has 2 nitrogen and oxygen atoms in total. The van der Waals surface area contributed by atoms with Crippen LogP contribution in [0.4, 0.5) is 0 Å². The van der Waals surface area contributed by atoms with E-state index in [2.05, 4.69) is 20.8 Å². The van der Waals surface area contributed by atoms with E-state index in [0.29, 0.717) is 24.2 Å². The van der Waals surface area contributed by atoms with Crippen LogP contribution >= 0.6 is 0 Å². The quantitative estimate of drug-likeness (QED) is 0.693. The van der Waals surface area contributed by atoms with Gasteiger partial charge in [-0.2, -0.15) is 0 Å². The van der Waals surface area contributed by atoms with E-state index in [1.54, 1.807) is 7.11 Å². The smallest absolute Gasteiger partial charge is 0.141 e. The van der Waals surface area contributed by atoms with E-state index >= 15 is 0 Å².